The van der Waals surface area contributed by atoms with Gasteiger partial charge in [-0.1, -0.05) is 17.7 Å². The van der Waals surface area contributed by atoms with Crippen LogP contribution in [0, 0.1) is 6.92 Å². The van der Waals surface area contributed by atoms with E-state index in [4.69, 9.17) is 4.74 Å². The third-order valence-electron chi connectivity index (χ3n) is 4.30. The number of ether oxygens (including phenoxy) is 1. The lowest BCUT2D eigenvalue weighted by molar-refractivity contribution is -0.116. The zero-order valence-electron chi connectivity index (χ0n) is 16.3. The summed E-state index contributed by atoms with van der Waals surface area (Å²) in [6.07, 6.45) is 1.02. The van der Waals surface area contributed by atoms with Crippen LogP contribution in [0.25, 0.3) is 0 Å². The minimum Gasteiger partial charge on any atom is -0.494 e. The predicted octanol–water partition coefficient (Wildman–Crippen LogP) is 4.27. The summed E-state index contributed by atoms with van der Waals surface area (Å²) in [6.45, 7) is 7.79. The number of nitrogens with one attached hydrogen (secondary N) is 1. The Labute approximate surface area is 161 Å². The van der Waals surface area contributed by atoms with Gasteiger partial charge >= 0.3 is 0 Å². The third kappa shape index (κ3) is 6.44. The molecular weight excluding hydrogens is 340 g/mol. The molecule has 5 nitrogen and oxygen atoms in total. The lowest BCUT2D eigenvalue weighted by atomic mass is 10.1. The second kappa shape index (κ2) is 10.4. The van der Waals surface area contributed by atoms with Crippen molar-refractivity contribution in [1.82, 2.24) is 4.90 Å². The van der Waals surface area contributed by atoms with E-state index in [1.165, 1.54) is 5.56 Å². The van der Waals surface area contributed by atoms with Crippen molar-refractivity contribution < 1.29 is 14.3 Å². The molecule has 0 saturated carbocycles. The van der Waals surface area contributed by atoms with Crippen molar-refractivity contribution in [2.45, 2.75) is 33.6 Å². The number of rotatable bonds is 9. The number of aryl methyl sites for hydroxylation is 1. The van der Waals surface area contributed by atoms with Crippen LogP contribution in [0.1, 0.15) is 42.6 Å². The van der Waals surface area contributed by atoms with Crippen LogP contribution in [0.2, 0.25) is 0 Å². The maximum Gasteiger partial charge on any atom is 0.253 e. The lowest BCUT2D eigenvalue weighted by Crippen LogP contribution is -2.30. The summed E-state index contributed by atoms with van der Waals surface area (Å²) in [5, 5.41) is 2.85. The Morgan fingerprint density at radius 2 is 1.59 bits per heavy atom. The van der Waals surface area contributed by atoms with Gasteiger partial charge in [-0.2, -0.15) is 0 Å². The van der Waals surface area contributed by atoms with Crippen molar-refractivity contribution in [3.8, 4) is 5.75 Å². The molecule has 0 aromatic heterocycles. The second-order valence-corrected chi connectivity index (χ2v) is 6.37. The highest BCUT2D eigenvalue weighted by atomic mass is 16.5. The molecule has 0 heterocycles. The molecular formula is C22H28N2O3. The summed E-state index contributed by atoms with van der Waals surface area (Å²) in [4.78, 5) is 26.1. The van der Waals surface area contributed by atoms with E-state index in [1.807, 2.05) is 45.0 Å². The van der Waals surface area contributed by atoms with E-state index >= 15 is 0 Å². The van der Waals surface area contributed by atoms with E-state index < -0.39 is 0 Å². The Morgan fingerprint density at radius 1 is 0.963 bits per heavy atom. The van der Waals surface area contributed by atoms with Gasteiger partial charge in [-0.3, -0.25) is 9.59 Å². The van der Waals surface area contributed by atoms with Gasteiger partial charge in [0.15, 0.2) is 0 Å². The first-order chi connectivity index (χ1) is 13.0. The molecule has 0 aliphatic rings. The van der Waals surface area contributed by atoms with Crippen molar-refractivity contribution in [2.75, 3.05) is 25.0 Å². The van der Waals surface area contributed by atoms with E-state index in [0.29, 0.717) is 43.8 Å². The number of nitrogens with zero attached hydrogens (tertiary/aromatic N) is 1. The highest BCUT2D eigenvalue weighted by Gasteiger charge is 2.12. The summed E-state index contributed by atoms with van der Waals surface area (Å²) in [5.74, 6) is 0.755. The van der Waals surface area contributed by atoms with Crippen LogP contribution >= 0.6 is 0 Å². The number of hydrogen-bond acceptors (Lipinski definition) is 3. The van der Waals surface area contributed by atoms with Gasteiger partial charge < -0.3 is 15.0 Å². The molecule has 1 N–H and O–H groups in total. The first-order valence-corrected chi connectivity index (χ1v) is 9.42. The smallest absolute Gasteiger partial charge is 0.253 e. The topological polar surface area (TPSA) is 58.6 Å². The molecule has 144 valence electrons. The Morgan fingerprint density at radius 3 is 2.19 bits per heavy atom. The summed E-state index contributed by atoms with van der Waals surface area (Å²) in [6, 6.07) is 14.9. The lowest BCUT2D eigenvalue weighted by Gasteiger charge is -2.18. The highest BCUT2D eigenvalue weighted by Crippen LogP contribution is 2.14. The van der Waals surface area contributed by atoms with Gasteiger partial charge in [-0.15, -0.1) is 0 Å². The van der Waals surface area contributed by atoms with Gasteiger partial charge in [-0.25, -0.2) is 0 Å². The van der Waals surface area contributed by atoms with E-state index in [2.05, 4.69) is 5.32 Å². The Balaban J connectivity index is 1.75. The summed E-state index contributed by atoms with van der Waals surface area (Å²) >= 11 is 0. The van der Waals surface area contributed by atoms with Gasteiger partial charge in [0, 0.05) is 30.8 Å². The van der Waals surface area contributed by atoms with Crippen molar-refractivity contribution in [3.05, 3.63) is 59.7 Å². The number of carbonyl (C=O) groups excluding carboxylic acids is 2. The molecule has 2 rings (SSSR count). The molecule has 2 aromatic carbocycles. The maximum absolute atomic E-state index is 12.3. The quantitative estimate of drug-likeness (QED) is 0.672. The zero-order chi connectivity index (χ0) is 19.6. The summed E-state index contributed by atoms with van der Waals surface area (Å²) in [5.41, 5.74) is 2.50. The summed E-state index contributed by atoms with van der Waals surface area (Å²) < 4.78 is 5.63. The second-order valence-electron chi connectivity index (χ2n) is 6.37. The van der Waals surface area contributed by atoms with Crippen molar-refractivity contribution in [3.63, 3.8) is 0 Å². The van der Waals surface area contributed by atoms with Gasteiger partial charge in [0.05, 0.1) is 6.61 Å². The average molecular weight is 368 g/mol. The molecule has 0 atom stereocenters. The molecule has 2 amide bonds. The molecule has 5 heteroatoms. The number of amides is 2. The molecule has 0 fully saturated rings. The van der Waals surface area contributed by atoms with Crippen molar-refractivity contribution in [2.24, 2.45) is 0 Å². The molecule has 0 aliphatic carbocycles. The van der Waals surface area contributed by atoms with Crippen LogP contribution < -0.4 is 10.1 Å². The Hall–Kier alpha value is -2.82. The number of hydrogen-bond donors (Lipinski definition) is 1. The Kier molecular flexibility index (Phi) is 7.86. The fourth-order valence-electron chi connectivity index (χ4n) is 2.67. The minimum absolute atomic E-state index is 0.00568. The molecule has 0 spiro atoms. The minimum atomic E-state index is -0.0645. The molecule has 2 aromatic rings. The number of carbonyl (C=O) groups is 2. The third-order valence-corrected chi connectivity index (χ3v) is 4.30. The van der Waals surface area contributed by atoms with E-state index in [0.717, 1.165) is 5.75 Å². The molecule has 0 bridgehead atoms. The van der Waals surface area contributed by atoms with Gasteiger partial charge in [0.1, 0.15) is 5.75 Å². The molecule has 0 aliphatic heterocycles. The van der Waals surface area contributed by atoms with Crippen molar-refractivity contribution in [1.29, 1.82) is 0 Å². The highest BCUT2D eigenvalue weighted by molar-refractivity contribution is 5.95. The summed E-state index contributed by atoms with van der Waals surface area (Å²) in [7, 11) is 0. The molecule has 27 heavy (non-hydrogen) atoms. The van der Waals surface area contributed by atoms with Gasteiger partial charge in [0.25, 0.3) is 5.91 Å². The SMILES string of the molecule is CCN(CC)C(=O)c1ccc(NC(=O)CCCOc2ccc(C)cc2)cc1. The number of benzene rings is 2. The standard InChI is InChI=1S/C22H28N2O3/c1-4-24(5-2)22(26)18-10-12-19(13-11-18)23-21(25)7-6-16-27-20-14-8-17(3)9-15-20/h8-15H,4-7,16H2,1-3H3,(H,23,25). The van der Waals surface area contributed by atoms with Gasteiger partial charge in [-0.05, 0) is 63.6 Å². The van der Waals surface area contributed by atoms with Crippen LogP contribution in [0.15, 0.2) is 48.5 Å². The predicted molar refractivity (Wildman–Crippen MR) is 108 cm³/mol. The van der Waals surface area contributed by atoms with Crippen LogP contribution in [-0.4, -0.2) is 36.4 Å². The van der Waals surface area contributed by atoms with Crippen molar-refractivity contribution >= 4 is 17.5 Å². The first kappa shape index (κ1) is 20.5. The van der Waals surface area contributed by atoms with E-state index in [1.54, 1.807) is 29.2 Å². The normalized spacial score (nSPS) is 10.3. The van der Waals surface area contributed by atoms with E-state index in [-0.39, 0.29) is 11.8 Å². The number of anilines is 1. The molecule has 0 saturated heterocycles. The van der Waals surface area contributed by atoms with Crippen LogP contribution in [0.4, 0.5) is 5.69 Å². The van der Waals surface area contributed by atoms with Crippen LogP contribution in [0.5, 0.6) is 5.75 Å². The van der Waals surface area contributed by atoms with Crippen LogP contribution in [-0.2, 0) is 4.79 Å². The van der Waals surface area contributed by atoms with Gasteiger partial charge in [0.2, 0.25) is 5.91 Å². The monoisotopic (exact) mass is 368 g/mol. The average Bonchev–Trinajstić information content (AvgIpc) is 2.68. The fraction of sp³-hybridized carbons (Fsp3) is 0.364. The molecule has 0 unspecified atom stereocenters. The molecule has 0 radical (unpaired) electrons. The van der Waals surface area contributed by atoms with E-state index in [9.17, 15) is 9.59 Å². The Bertz CT molecular complexity index is 735. The fourth-order valence-corrected chi connectivity index (χ4v) is 2.67. The van der Waals surface area contributed by atoms with Crippen LogP contribution in [0.3, 0.4) is 0 Å². The first-order valence-electron chi connectivity index (χ1n) is 9.42. The zero-order valence-corrected chi connectivity index (χ0v) is 16.3. The maximum atomic E-state index is 12.3. The largest absolute Gasteiger partial charge is 0.494 e.